The summed E-state index contributed by atoms with van der Waals surface area (Å²) in [5.41, 5.74) is 0.980. The Morgan fingerprint density at radius 1 is 1.11 bits per heavy atom. The number of carbonyl (C=O) groups is 1. The van der Waals surface area contributed by atoms with E-state index in [0.29, 0.717) is 22.8 Å². The lowest BCUT2D eigenvalue weighted by atomic mass is 10.0. The number of methoxy groups -OCH3 is 2. The van der Waals surface area contributed by atoms with Gasteiger partial charge in [0, 0.05) is 11.8 Å². The van der Waals surface area contributed by atoms with Gasteiger partial charge in [-0.15, -0.1) is 0 Å². The predicted molar refractivity (Wildman–Crippen MR) is 67.2 cm³/mol. The largest absolute Gasteiger partial charge is 0.497 e. The van der Waals surface area contributed by atoms with Gasteiger partial charge in [-0.05, 0) is 24.3 Å². The lowest BCUT2D eigenvalue weighted by Crippen LogP contribution is -2.05. The third-order valence-corrected chi connectivity index (χ3v) is 2.54. The van der Waals surface area contributed by atoms with Gasteiger partial charge in [-0.25, -0.2) is 4.98 Å². The average Bonchev–Trinajstić information content (AvgIpc) is 2.46. The molecular weight excluding hydrogens is 230 g/mol. The average molecular weight is 243 g/mol. The van der Waals surface area contributed by atoms with E-state index in [1.807, 2.05) is 0 Å². The van der Waals surface area contributed by atoms with Crippen LogP contribution in [0, 0.1) is 0 Å². The molecule has 4 heteroatoms. The zero-order valence-corrected chi connectivity index (χ0v) is 10.2. The van der Waals surface area contributed by atoms with E-state index in [9.17, 15) is 4.79 Å². The van der Waals surface area contributed by atoms with Crippen molar-refractivity contribution in [1.82, 2.24) is 4.98 Å². The van der Waals surface area contributed by atoms with E-state index >= 15 is 0 Å². The highest BCUT2D eigenvalue weighted by atomic mass is 16.5. The van der Waals surface area contributed by atoms with Crippen molar-refractivity contribution in [3.05, 3.63) is 53.7 Å². The Labute approximate surface area is 105 Å². The maximum atomic E-state index is 12.3. The Morgan fingerprint density at radius 3 is 2.67 bits per heavy atom. The molecule has 1 aromatic carbocycles. The summed E-state index contributed by atoms with van der Waals surface area (Å²) in [4.78, 5) is 16.3. The minimum absolute atomic E-state index is 0.140. The standard InChI is InChI=1S/C14H13NO3/c1-17-11-6-3-5-10(9-11)13(16)12-7-4-8-15-14(12)18-2/h3-9H,1-2H3. The zero-order chi connectivity index (χ0) is 13.0. The van der Waals surface area contributed by atoms with Crippen molar-refractivity contribution < 1.29 is 14.3 Å². The van der Waals surface area contributed by atoms with Crippen molar-refractivity contribution in [3.8, 4) is 11.6 Å². The van der Waals surface area contributed by atoms with Gasteiger partial charge in [-0.3, -0.25) is 4.79 Å². The molecule has 0 bridgehead atoms. The first-order valence-electron chi connectivity index (χ1n) is 5.44. The topological polar surface area (TPSA) is 48.4 Å². The van der Waals surface area contributed by atoms with Crippen molar-refractivity contribution in [2.75, 3.05) is 14.2 Å². The maximum Gasteiger partial charge on any atom is 0.224 e. The van der Waals surface area contributed by atoms with Crippen molar-refractivity contribution in [2.45, 2.75) is 0 Å². The summed E-state index contributed by atoms with van der Waals surface area (Å²) in [6, 6.07) is 10.4. The number of rotatable bonds is 4. The third kappa shape index (κ3) is 2.32. The fourth-order valence-electron chi connectivity index (χ4n) is 1.65. The Balaban J connectivity index is 2.41. The van der Waals surface area contributed by atoms with Gasteiger partial charge in [0.1, 0.15) is 5.75 Å². The molecule has 0 unspecified atom stereocenters. The molecule has 0 saturated heterocycles. The van der Waals surface area contributed by atoms with Crippen LogP contribution in [-0.2, 0) is 0 Å². The van der Waals surface area contributed by atoms with Gasteiger partial charge in [0.05, 0.1) is 19.8 Å². The van der Waals surface area contributed by atoms with Crippen molar-refractivity contribution >= 4 is 5.78 Å². The Kier molecular flexibility index (Phi) is 3.57. The Hall–Kier alpha value is -2.36. The number of ether oxygens (including phenoxy) is 2. The number of hydrogen-bond acceptors (Lipinski definition) is 4. The van der Waals surface area contributed by atoms with Crippen LogP contribution in [-0.4, -0.2) is 25.0 Å². The molecule has 0 atom stereocenters. The first-order chi connectivity index (χ1) is 8.76. The number of ketones is 1. The van der Waals surface area contributed by atoms with Crippen LogP contribution < -0.4 is 9.47 Å². The summed E-state index contributed by atoms with van der Waals surface area (Å²) in [7, 11) is 3.05. The van der Waals surface area contributed by atoms with Gasteiger partial charge in [-0.1, -0.05) is 12.1 Å². The highest BCUT2D eigenvalue weighted by Crippen LogP contribution is 2.20. The molecule has 92 valence electrons. The summed E-state index contributed by atoms with van der Waals surface area (Å²) >= 11 is 0. The molecule has 0 spiro atoms. The monoisotopic (exact) mass is 243 g/mol. The van der Waals surface area contributed by atoms with Crippen molar-refractivity contribution in [2.24, 2.45) is 0 Å². The lowest BCUT2D eigenvalue weighted by molar-refractivity contribution is 0.103. The second-order valence-corrected chi connectivity index (χ2v) is 3.62. The van der Waals surface area contributed by atoms with Gasteiger partial charge in [0.15, 0.2) is 5.78 Å². The number of hydrogen-bond donors (Lipinski definition) is 0. The van der Waals surface area contributed by atoms with Gasteiger partial charge in [0.25, 0.3) is 0 Å². The minimum Gasteiger partial charge on any atom is -0.497 e. The van der Waals surface area contributed by atoms with Crippen LogP contribution in [0.3, 0.4) is 0 Å². The van der Waals surface area contributed by atoms with Crippen LogP contribution in [0.1, 0.15) is 15.9 Å². The fourth-order valence-corrected chi connectivity index (χ4v) is 1.65. The SMILES string of the molecule is COc1cccc(C(=O)c2cccnc2OC)c1. The van der Waals surface area contributed by atoms with E-state index in [-0.39, 0.29) is 5.78 Å². The lowest BCUT2D eigenvalue weighted by Gasteiger charge is -2.07. The predicted octanol–water partition coefficient (Wildman–Crippen LogP) is 2.33. The molecule has 0 aliphatic rings. The number of nitrogens with zero attached hydrogens (tertiary/aromatic N) is 1. The molecule has 1 aromatic heterocycles. The van der Waals surface area contributed by atoms with E-state index in [1.165, 1.54) is 7.11 Å². The van der Waals surface area contributed by atoms with Crippen LogP contribution in [0.4, 0.5) is 0 Å². The highest BCUT2D eigenvalue weighted by molar-refractivity contribution is 6.10. The molecule has 0 aliphatic heterocycles. The Bertz CT molecular complexity index is 566. The molecule has 0 aliphatic carbocycles. The van der Waals surface area contributed by atoms with Crippen molar-refractivity contribution in [1.29, 1.82) is 0 Å². The van der Waals surface area contributed by atoms with Crippen molar-refractivity contribution in [3.63, 3.8) is 0 Å². The van der Waals surface area contributed by atoms with E-state index < -0.39 is 0 Å². The quantitative estimate of drug-likeness (QED) is 0.773. The molecule has 0 radical (unpaired) electrons. The third-order valence-electron chi connectivity index (χ3n) is 2.54. The fraction of sp³-hybridized carbons (Fsp3) is 0.143. The summed E-state index contributed by atoms with van der Waals surface area (Å²) in [5.74, 6) is 0.827. The molecule has 0 fully saturated rings. The van der Waals surface area contributed by atoms with Crippen LogP contribution in [0.5, 0.6) is 11.6 Å². The summed E-state index contributed by atoms with van der Waals surface area (Å²) in [6.45, 7) is 0. The Morgan fingerprint density at radius 2 is 1.94 bits per heavy atom. The van der Waals surface area contributed by atoms with Gasteiger partial charge >= 0.3 is 0 Å². The summed E-state index contributed by atoms with van der Waals surface area (Å²) in [6.07, 6.45) is 1.58. The number of carbonyl (C=O) groups excluding carboxylic acids is 1. The molecule has 2 rings (SSSR count). The molecular formula is C14H13NO3. The number of aromatic nitrogens is 1. The molecule has 0 N–H and O–H groups in total. The molecule has 4 nitrogen and oxygen atoms in total. The van der Waals surface area contributed by atoms with Crippen LogP contribution in [0.15, 0.2) is 42.6 Å². The molecule has 2 aromatic rings. The van der Waals surface area contributed by atoms with Crippen LogP contribution >= 0.6 is 0 Å². The van der Waals surface area contributed by atoms with Crippen LogP contribution in [0.2, 0.25) is 0 Å². The second-order valence-electron chi connectivity index (χ2n) is 3.62. The van der Waals surface area contributed by atoms with E-state index in [1.54, 1.807) is 49.7 Å². The molecule has 0 amide bonds. The first kappa shape index (κ1) is 12.1. The van der Waals surface area contributed by atoms with E-state index in [4.69, 9.17) is 9.47 Å². The molecule has 1 heterocycles. The van der Waals surface area contributed by atoms with Gasteiger partial charge in [-0.2, -0.15) is 0 Å². The molecule has 0 saturated carbocycles. The number of pyridine rings is 1. The van der Waals surface area contributed by atoms with Gasteiger partial charge < -0.3 is 9.47 Å². The summed E-state index contributed by atoms with van der Waals surface area (Å²) in [5, 5.41) is 0. The normalized spacial score (nSPS) is 9.89. The second kappa shape index (κ2) is 5.31. The van der Waals surface area contributed by atoms with Crippen LogP contribution in [0.25, 0.3) is 0 Å². The minimum atomic E-state index is -0.140. The first-order valence-corrected chi connectivity index (χ1v) is 5.44. The smallest absolute Gasteiger partial charge is 0.224 e. The van der Waals surface area contributed by atoms with E-state index in [0.717, 1.165) is 0 Å². The van der Waals surface area contributed by atoms with Gasteiger partial charge in [0.2, 0.25) is 5.88 Å². The number of benzene rings is 1. The summed E-state index contributed by atoms with van der Waals surface area (Å²) < 4.78 is 10.2. The van der Waals surface area contributed by atoms with E-state index in [2.05, 4.69) is 4.98 Å². The maximum absolute atomic E-state index is 12.3. The zero-order valence-electron chi connectivity index (χ0n) is 10.2. The highest BCUT2D eigenvalue weighted by Gasteiger charge is 2.15. The molecule has 18 heavy (non-hydrogen) atoms.